The minimum atomic E-state index is -0.464. The van der Waals surface area contributed by atoms with Gasteiger partial charge in [-0.3, -0.25) is 4.79 Å². The molecule has 2 aromatic carbocycles. The second kappa shape index (κ2) is 6.50. The van der Waals surface area contributed by atoms with E-state index >= 15 is 0 Å². The Morgan fingerprint density at radius 2 is 1.81 bits per heavy atom. The fourth-order valence-electron chi connectivity index (χ4n) is 2.24. The lowest BCUT2D eigenvalue weighted by molar-refractivity contribution is 0.0946. The van der Waals surface area contributed by atoms with Gasteiger partial charge in [-0.2, -0.15) is 0 Å². The maximum atomic E-state index is 12.4. The number of carbonyl (C=O) groups is 1. The Labute approximate surface area is 130 Å². The molecule has 0 fully saturated rings. The molecule has 3 N–H and O–H groups in total. The van der Waals surface area contributed by atoms with Crippen LogP contribution in [0.5, 0.6) is 0 Å². The highest BCUT2D eigenvalue weighted by Crippen LogP contribution is 2.16. The van der Waals surface area contributed by atoms with Crippen molar-refractivity contribution in [3.05, 3.63) is 70.8 Å². The Morgan fingerprint density at radius 1 is 1.14 bits per heavy atom. The first-order chi connectivity index (χ1) is 9.99. The molecule has 21 heavy (non-hydrogen) atoms. The van der Waals surface area contributed by atoms with Gasteiger partial charge in [0.1, 0.15) is 11.0 Å². The van der Waals surface area contributed by atoms with E-state index in [1.165, 1.54) is 0 Å². The van der Waals surface area contributed by atoms with Gasteiger partial charge in [-0.05, 0) is 31.0 Å². The number of nitrogens with one attached hydrogen (secondary N) is 1. The minimum absolute atomic E-state index is 0.172. The summed E-state index contributed by atoms with van der Waals surface area (Å²) in [5, 5.41) is 2.90. The van der Waals surface area contributed by atoms with Crippen LogP contribution in [0, 0.1) is 13.8 Å². The van der Waals surface area contributed by atoms with Crippen LogP contribution in [0.4, 0.5) is 0 Å². The molecule has 0 radical (unpaired) electrons. The number of thiocarbonyl (C=S) groups is 1. The summed E-state index contributed by atoms with van der Waals surface area (Å²) < 4.78 is 0. The summed E-state index contributed by atoms with van der Waals surface area (Å²) in [6.07, 6.45) is 0. The Morgan fingerprint density at radius 3 is 2.38 bits per heavy atom. The van der Waals surface area contributed by atoms with Crippen molar-refractivity contribution < 1.29 is 4.79 Å². The van der Waals surface area contributed by atoms with Crippen molar-refractivity contribution in [3.63, 3.8) is 0 Å². The van der Waals surface area contributed by atoms with Gasteiger partial charge in [0.25, 0.3) is 5.91 Å². The van der Waals surface area contributed by atoms with Crippen molar-refractivity contribution in [1.29, 1.82) is 0 Å². The first-order valence-electron chi connectivity index (χ1n) is 6.71. The number of hydrogen-bond acceptors (Lipinski definition) is 2. The molecule has 0 aromatic heterocycles. The van der Waals surface area contributed by atoms with Crippen molar-refractivity contribution in [2.75, 3.05) is 0 Å². The van der Waals surface area contributed by atoms with E-state index in [-0.39, 0.29) is 10.9 Å². The van der Waals surface area contributed by atoms with Crippen molar-refractivity contribution in [2.24, 2.45) is 5.73 Å². The summed E-state index contributed by atoms with van der Waals surface area (Å²) in [5.74, 6) is -0.172. The molecule has 0 saturated carbocycles. The third kappa shape index (κ3) is 3.67. The average Bonchev–Trinajstić information content (AvgIpc) is 2.45. The van der Waals surface area contributed by atoms with E-state index in [2.05, 4.69) is 5.32 Å². The second-order valence-electron chi connectivity index (χ2n) is 5.04. The maximum absolute atomic E-state index is 12.4. The summed E-state index contributed by atoms with van der Waals surface area (Å²) in [6.45, 7) is 3.91. The smallest absolute Gasteiger partial charge is 0.252 e. The summed E-state index contributed by atoms with van der Waals surface area (Å²) in [4.78, 5) is 12.7. The Kier molecular flexibility index (Phi) is 4.70. The molecule has 1 unspecified atom stereocenters. The standard InChI is InChI=1S/C17H18N2OS/c1-11-8-9-14(12(2)10-11)17(20)19-15(16(18)21)13-6-4-3-5-7-13/h3-10,15H,1-2H3,(H2,18,21)(H,19,20). The number of benzene rings is 2. The second-order valence-corrected chi connectivity index (χ2v) is 5.51. The molecule has 0 aliphatic carbocycles. The van der Waals surface area contributed by atoms with E-state index < -0.39 is 6.04 Å². The highest BCUT2D eigenvalue weighted by molar-refractivity contribution is 7.80. The van der Waals surface area contributed by atoms with Gasteiger partial charge in [0.15, 0.2) is 0 Å². The summed E-state index contributed by atoms with van der Waals surface area (Å²) in [5.41, 5.74) is 9.34. The third-order valence-electron chi connectivity index (χ3n) is 3.32. The molecule has 3 nitrogen and oxygen atoms in total. The number of nitrogens with two attached hydrogens (primary N) is 1. The Bertz CT molecular complexity index is 668. The topological polar surface area (TPSA) is 55.1 Å². The maximum Gasteiger partial charge on any atom is 0.252 e. The van der Waals surface area contributed by atoms with Crippen LogP contribution in [-0.2, 0) is 0 Å². The molecular formula is C17H18N2OS. The summed E-state index contributed by atoms with van der Waals surface area (Å²) >= 11 is 5.08. The summed E-state index contributed by atoms with van der Waals surface area (Å²) in [6, 6.07) is 14.7. The van der Waals surface area contributed by atoms with Gasteiger partial charge in [-0.1, -0.05) is 60.2 Å². The first kappa shape index (κ1) is 15.2. The van der Waals surface area contributed by atoms with Gasteiger partial charge in [0.05, 0.1) is 0 Å². The van der Waals surface area contributed by atoms with Crippen molar-refractivity contribution in [3.8, 4) is 0 Å². The molecular weight excluding hydrogens is 280 g/mol. The van der Waals surface area contributed by atoms with Crippen LogP contribution in [0.2, 0.25) is 0 Å². The van der Waals surface area contributed by atoms with Crippen LogP contribution >= 0.6 is 12.2 Å². The third-order valence-corrected chi connectivity index (χ3v) is 3.56. The van der Waals surface area contributed by atoms with Crippen LogP contribution < -0.4 is 11.1 Å². The lowest BCUT2D eigenvalue weighted by atomic mass is 10.0. The van der Waals surface area contributed by atoms with Crippen molar-refractivity contribution in [2.45, 2.75) is 19.9 Å². The molecule has 4 heteroatoms. The van der Waals surface area contributed by atoms with Crippen LogP contribution in [0.15, 0.2) is 48.5 Å². The molecule has 0 aliphatic heterocycles. The number of hydrogen-bond donors (Lipinski definition) is 2. The van der Waals surface area contributed by atoms with E-state index in [1.807, 2.05) is 62.4 Å². The van der Waals surface area contributed by atoms with Gasteiger partial charge >= 0.3 is 0 Å². The van der Waals surface area contributed by atoms with E-state index in [0.717, 1.165) is 16.7 Å². The number of rotatable bonds is 4. The van der Waals surface area contributed by atoms with Crippen LogP contribution in [0.25, 0.3) is 0 Å². The fourth-order valence-corrected chi connectivity index (χ4v) is 2.44. The lowest BCUT2D eigenvalue weighted by Crippen LogP contribution is -2.36. The SMILES string of the molecule is Cc1ccc(C(=O)NC(C(N)=S)c2ccccc2)c(C)c1. The lowest BCUT2D eigenvalue weighted by Gasteiger charge is -2.18. The van der Waals surface area contributed by atoms with Gasteiger partial charge in [0, 0.05) is 5.56 Å². The molecule has 0 bridgehead atoms. The zero-order chi connectivity index (χ0) is 15.4. The monoisotopic (exact) mass is 298 g/mol. The molecule has 2 aromatic rings. The van der Waals surface area contributed by atoms with Crippen LogP contribution in [0.3, 0.4) is 0 Å². The quantitative estimate of drug-likeness (QED) is 0.853. The Balaban J connectivity index is 2.25. The highest BCUT2D eigenvalue weighted by atomic mass is 32.1. The van der Waals surface area contributed by atoms with Gasteiger partial charge < -0.3 is 11.1 Å². The Hall–Kier alpha value is -2.20. The predicted molar refractivity (Wildman–Crippen MR) is 89.4 cm³/mol. The largest absolute Gasteiger partial charge is 0.391 e. The normalized spacial score (nSPS) is 11.7. The zero-order valence-corrected chi connectivity index (χ0v) is 12.9. The van der Waals surface area contributed by atoms with Crippen molar-refractivity contribution >= 4 is 23.1 Å². The average molecular weight is 298 g/mol. The molecule has 0 aliphatic rings. The fraction of sp³-hybridized carbons (Fsp3) is 0.176. The molecule has 2 rings (SSSR count). The summed E-state index contributed by atoms with van der Waals surface area (Å²) in [7, 11) is 0. The van der Waals surface area contributed by atoms with Gasteiger partial charge in [-0.25, -0.2) is 0 Å². The zero-order valence-electron chi connectivity index (χ0n) is 12.1. The van der Waals surface area contributed by atoms with Gasteiger partial charge in [-0.15, -0.1) is 0 Å². The van der Waals surface area contributed by atoms with Crippen LogP contribution in [0.1, 0.15) is 33.1 Å². The molecule has 108 valence electrons. The van der Waals surface area contributed by atoms with E-state index in [9.17, 15) is 4.79 Å². The number of carbonyl (C=O) groups excluding carboxylic acids is 1. The van der Waals surface area contributed by atoms with E-state index in [4.69, 9.17) is 18.0 Å². The molecule has 1 amide bonds. The minimum Gasteiger partial charge on any atom is -0.391 e. The highest BCUT2D eigenvalue weighted by Gasteiger charge is 2.19. The predicted octanol–water partition coefficient (Wildman–Crippen LogP) is 3.06. The van der Waals surface area contributed by atoms with E-state index in [0.29, 0.717) is 5.56 Å². The van der Waals surface area contributed by atoms with Gasteiger partial charge in [0.2, 0.25) is 0 Å². The number of amides is 1. The first-order valence-corrected chi connectivity index (χ1v) is 7.12. The van der Waals surface area contributed by atoms with Crippen LogP contribution in [-0.4, -0.2) is 10.9 Å². The molecule has 0 saturated heterocycles. The van der Waals surface area contributed by atoms with Crippen molar-refractivity contribution in [1.82, 2.24) is 5.32 Å². The number of aryl methyl sites for hydroxylation is 2. The molecule has 0 spiro atoms. The molecule has 0 heterocycles. The van der Waals surface area contributed by atoms with E-state index in [1.54, 1.807) is 0 Å². The molecule has 1 atom stereocenters.